The number of esters is 1. The van der Waals surface area contributed by atoms with Crippen LogP contribution in [0.3, 0.4) is 0 Å². The highest BCUT2D eigenvalue weighted by Gasteiger charge is 2.34. The summed E-state index contributed by atoms with van der Waals surface area (Å²) in [7, 11) is -3.68. The monoisotopic (exact) mass is 463 g/mol. The van der Waals surface area contributed by atoms with E-state index in [4.69, 9.17) is 9.47 Å². The van der Waals surface area contributed by atoms with E-state index in [0.29, 0.717) is 25.2 Å². The zero-order valence-electron chi connectivity index (χ0n) is 18.0. The minimum atomic E-state index is -3.68. The van der Waals surface area contributed by atoms with Gasteiger partial charge in [0.05, 0.1) is 17.4 Å². The third kappa shape index (κ3) is 5.52. The summed E-state index contributed by atoms with van der Waals surface area (Å²) in [6, 6.07) is 11.2. The number of piperidine rings is 1. The fraction of sp³-hybridized carbons (Fsp3) is 0.391. The van der Waals surface area contributed by atoms with Crippen LogP contribution in [0.1, 0.15) is 37.0 Å². The van der Waals surface area contributed by atoms with Crippen molar-refractivity contribution in [3.63, 3.8) is 0 Å². The summed E-state index contributed by atoms with van der Waals surface area (Å²) in [6.07, 6.45) is -0.419. The standard InChI is InChI=1S/C23H26FNO6S/c1-3-30-20-8-10-21(11-9-20)32(28,29)25-14-12-18(13-15-25)23(27)31-16(2)22(26)17-4-6-19(24)7-5-17/h4-11,16,18H,3,12-15H2,1-2H3. The SMILES string of the molecule is CCOc1ccc(S(=O)(=O)N2CCC(C(=O)OC(C)C(=O)c3ccc(F)cc3)CC2)cc1. The molecule has 0 bridgehead atoms. The van der Waals surface area contributed by atoms with Gasteiger partial charge in [0.25, 0.3) is 0 Å². The van der Waals surface area contributed by atoms with Gasteiger partial charge in [0.2, 0.25) is 15.8 Å². The van der Waals surface area contributed by atoms with Gasteiger partial charge in [0.15, 0.2) is 6.10 Å². The van der Waals surface area contributed by atoms with Crippen LogP contribution in [0.5, 0.6) is 5.75 Å². The maximum absolute atomic E-state index is 13.0. The largest absolute Gasteiger partial charge is 0.494 e. The Labute approximate surface area is 187 Å². The maximum Gasteiger partial charge on any atom is 0.309 e. The molecule has 0 radical (unpaired) electrons. The van der Waals surface area contributed by atoms with Crippen LogP contribution in [0.25, 0.3) is 0 Å². The molecule has 0 N–H and O–H groups in total. The van der Waals surface area contributed by atoms with Crippen molar-refractivity contribution in [2.24, 2.45) is 5.92 Å². The number of hydrogen-bond acceptors (Lipinski definition) is 6. The fourth-order valence-corrected chi connectivity index (χ4v) is 5.00. The van der Waals surface area contributed by atoms with Crippen LogP contribution < -0.4 is 4.74 Å². The van der Waals surface area contributed by atoms with Crippen molar-refractivity contribution in [3.05, 3.63) is 59.9 Å². The van der Waals surface area contributed by atoms with Gasteiger partial charge in [-0.1, -0.05) is 0 Å². The summed E-state index contributed by atoms with van der Waals surface area (Å²) in [5.74, 6) is -1.32. The Balaban J connectivity index is 1.55. The van der Waals surface area contributed by atoms with E-state index < -0.39 is 39.6 Å². The highest BCUT2D eigenvalue weighted by atomic mass is 32.2. The number of halogens is 1. The predicted octanol–water partition coefficient (Wildman–Crippen LogP) is 3.44. The first-order valence-electron chi connectivity index (χ1n) is 10.5. The number of hydrogen-bond donors (Lipinski definition) is 0. The van der Waals surface area contributed by atoms with Crippen LogP contribution in [0, 0.1) is 11.7 Å². The normalized spacial score (nSPS) is 16.3. The van der Waals surface area contributed by atoms with Crippen molar-refractivity contribution in [3.8, 4) is 5.75 Å². The molecule has 0 spiro atoms. The number of carbonyl (C=O) groups is 2. The second-order valence-electron chi connectivity index (χ2n) is 7.53. The molecule has 1 heterocycles. The lowest BCUT2D eigenvalue weighted by atomic mass is 9.98. The minimum Gasteiger partial charge on any atom is -0.494 e. The molecule has 172 valence electrons. The van der Waals surface area contributed by atoms with E-state index in [0.717, 1.165) is 0 Å². The molecule has 2 aromatic carbocycles. The topological polar surface area (TPSA) is 90.0 Å². The fourth-order valence-electron chi connectivity index (χ4n) is 3.53. The zero-order chi connectivity index (χ0) is 23.3. The number of Topliss-reactive ketones (excluding diaryl/α,β-unsaturated/α-hetero) is 1. The second kappa shape index (κ2) is 10.2. The lowest BCUT2D eigenvalue weighted by Gasteiger charge is -2.30. The highest BCUT2D eigenvalue weighted by molar-refractivity contribution is 7.89. The Bertz CT molecular complexity index is 1040. The second-order valence-corrected chi connectivity index (χ2v) is 9.47. The summed E-state index contributed by atoms with van der Waals surface area (Å²) in [4.78, 5) is 25.1. The van der Waals surface area contributed by atoms with Gasteiger partial charge in [0, 0.05) is 18.7 Å². The molecule has 0 amide bonds. The predicted molar refractivity (Wildman–Crippen MR) is 115 cm³/mol. The molecule has 7 nitrogen and oxygen atoms in total. The Morgan fingerprint density at radius 3 is 2.22 bits per heavy atom. The van der Waals surface area contributed by atoms with Crippen molar-refractivity contribution in [1.82, 2.24) is 4.31 Å². The van der Waals surface area contributed by atoms with Crippen molar-refractivity contribution in [2.75, 3.05) is 19.7 Å². The summed E-state index contributed by atoms with van der Waals surface area (Å²) in [6.45, 7) is 4.16. The van der Waals surface area contributed by atoms with Gasteiger partial charge in [0.1, 0.15) is 11.6 Å². The van der Waals surface area contributed by atoms with Crippen LogP contribution in [0.2, 0.25) is 0 Å². The van der Waals surface area contributed by atoms with Gasteiger partial charge in [-0.15, -0.1) is 0 Å². The number of ether oxygens (including phenoxy) is 2. The zero-order valence-corrected chi connectivity index (χ0v) is 18.8. The van der Waals surface area contributed by atoms with Gasteiger partial charge < -0.3 is 9.47 Å². The van der Waals surface area contributed by atoms with E-state index >= 15 is 0 Å². The molecule has 1 aliphatic rings. The van der Waals surface area contributed by atoms with Crippen molar-refractivity contribution < 1.29 is 31.9 Å². The van der Waals surface area contributed by atoms with Gasteiger partial charge in [-0.25, -0.2) is 12.8 Å². The molecule has 3 rings (SSSR count). The summed E-state index contributed by atoms with van der Waals surface area (Å²) < 4.78 is 50.8. The van der Waals surface area contributed by atoms with E-state index in [9.17, 15) is 22.4 Å². The van der Waals surface area contributed by atoms with Crippen molar-refractivity contribution in [1.29, 1.82) is 0 Å². The molecule has 1 unspecified atom stereocenters. The number of nitrogens with zero attached hydrogens (tertiary/aromatic N) is 1. The number of carbonyl (C=O) groups excluding carboxylic acids is 2. The van der Waals surface area contributed by atoms with Crippen LogP contribution in [-0.4, -0.2) is 50.3 Å². The Morgan fingerprint density at radius 2 is 1.66 bits per heavy atom. The van der Waals surface area contributed by atoms with E-state index in [1.165, 1.54) is 47.6 Å². The van der Waals surface area contributed by atoms with Crippen molar-refractivity contribution in [2.45, 2.75) is 37.7 Å². The molecule has 2 aromatic rings. The van der Waals surface area contributed by atoms with E-state index in [1.807, 2.05) is 6.92 Å². The number of ketones is 1. The summed E-state index contributed by atoms with van der Waals surface area (Å²) in [5.41, 5.74) is 0.253. The van der Waals surface area contributed by atoms with Crippen LogP contribution >= 0.6 is 0 Å². The molecule has 0 aromatic heterocycles. The summed E-state index contributed by atoms with van der Waals surface area (Å²) >= 11 is 0. The molecule has 1 fully saturated rings. The van der Waals surface area contributed by atoms with E-state index in [1.54, 1.807) is 12.1 Å². The molecule has 1 atom stereocenters. The van der Waals surface area contributed by atoms with Crippen LogP contribution in [0.15, 0.2) is 53.4 Å². The molecule has 0 aliphatic carbocycles. The van der Waals surface area contributed by atoms with E-state index in [-0.39, 0.29) is 23.5 Å². The summed E-state index contributed by atoms with van der Waals surface area (Å²) in [5, 5.41) is 0. The molecular weight excluding hydrogens is 437 g/mol. The average molecular weight is 464 g/mol. The number of benzene rings is 2. The molecule has 9 heteroatoms. The number of rotatable bonds is 8. The molecular formula is C23H26FNO6S. The molecule has 32 heavy (non-hydrogen) atoms. The highest BCUT2D eigenvalue weighted by Crippen LogP contribution is 2.26. The molecule has 1 saturated heterocycles. The maximum atomic E-state index is 13.0. The quantitative estimate of drug-likeness (QED) is 0.440. The smallest absolute Gasteiger partial charge is 0.309 e. The van der Waals surface area contributed by atoms with E-state index in [2.05, 4.69) is 0 Å². The minimum absolute atomic E-state index is 0.167. The third-order valence-electron chi connectivity index (χ3n) is 5.35. The average Bonchev–Trinajstić information content (AvgIpc) is 2.79. The van der Waals surface area contributed by atoms with Gasteiger partial charge >= 0.3 is 5.97 Å². The molecule has 0 saturated carbocycles. The lowest BCUT2D eigenvalue weighted by Crippen LogP contribution is -2.41. The first-order valence-corrected chi connectivity index (χ1v) is 11.9. The Morgan fingerprint density at radius 1 is 1.06 bits per heavy atom. The van der Waals surface area contributed by atoms with Crippen molar-refractivity contribution >= 4 is 21.8 Å². The van der Waals surface area contributed by atoms with Gasteiger partial charge in [-0.05, 0) is 75.2 Å². The third-order valence-corrected chi connectivity index (χ3v) is 7.26. The first-order chi connectivity index (χ1) is 15.2. The first kappa shape index (κ1) is 23.9. The molecule has 1 aliphatic heterocycles. The van der Waals surface area contributed by atoms with Crippen LogP contribution in [-0.2, 0) is 19.6 Å². The Hall–Kier alpha value is -2.78. The number of sulfonamides is 1. The van der Waals surface area contributed by atoms with Gasteiger partial charge in [-0.2, -0.15) is 4.31 Å². The lowest BCUT2D eigenvalue weighted by molar-refractivity contribution is -0.152. The Kier molecular flexibility index (Phi) is 7.63. The van der Waals surface area contributed by atoms with Crippen LogP contribution in [0.4, 0.5) is 4.39 Å². The van der Waals surface area contributed by atoms with Gasteiger partial charge in [-0.3, -0.25) is 9.59 Å².